The number of rotatable bonds is 3. The van der Waals surface area contributed by atoms with Gasteiger partial charge in [-0.15, -0.1) is 6.58 Å². The Hall–Kier alpha value is -1.74. The summed E-state index contributed by atoms with van der Waals surface area (Å²) in [5.41, 5.74) is 1.38. The van der Waals surface area contributed by atoms with Gasteiger partial charge in [0, 0.05) is 22.5 Å². The van der Waals surface area contributed by atoms with Gasteiger partial charge >= 0.3 is 0 Å². The van der Waals surface area contributed by atoms with E-state index < -0.39 is 0 Å². The second kappa shape index (κ2) is 4.41. The average Bonchev–Trinajstić information content (AvgIpc) is 2.68. The van der Waals surface area contributed by atoms with Crippen molar-refractivity contribution in [1.82, 2.24) is 10.3 Å². The SMILES string of the molecule is C=CCNC(=O)c1cc2ccc(Cl)cc2[nH]1. The maximum atomic E-state index is 11.6. The summed E-state index contributed by atoms with van der Waals surface area (Å²) in [4.78, 5) is 14.6. The van der Waals surface area contributed by atoms with Gasteiger partial charge in [-0.1, -0.05) is 23.7 Å². The lowest BCUT2D eigenvalue weighted by Crippen LogP contribution is -2.23. The normalized spacial score (nSPS) is 10.3. The number of benzene rings is 1. The number of amides is 1. The van der Waals surface area contributed by atoms with E-state index in [2.05, 4.69) is 16.9 Å². The van der Waals surface area contributed by atoms with Crippen LogP contribution in [-0.2, 0) is 0 Å². The summed E-state index contributed by atoms with van der Waals surface area (Å²) in [5, 5.41) is 4.31. The van der Waals surface area contributed by atoms with Crippen molar-refractivity contribution in [3.63, 3.8) is 0 Å². The molecule has 0 aliphatic heterocycles. The molecular weight excluding hydrogens is 224 g/mol. The molecule has 1 aromatic carbocycles. The molecule has 3 nitrogen and oxygen atoms in total. The Bertz CT molecular complexity index is 545. The number of H-pyrrole nitrogens is 1. The second-order valence-corrected chi connectivity index (χ2v) is 3.85. The van der Waals surface area contributed by atoms with Crippen molar-refractivity contribution in [2.24, 2.45) is 0 Å². The van der Waals surface area contributed by atoms with Crippen molar-refractivity contribution in [3.8, 4) is 0 Å². The highest BCUT2D eigenvalue weighted by molar-refractivity contribution is 6.31. The number of halogens is 1. The third-order valence-corrected chi connectivity index (χ3v) is 2.47. The van der Waals surface area contributed by atoms with Crippen molar-refractivity contribution < 1.29 is 4.79 Å². The summed E-state index contributed by atoms with van der Waals surface area (Å²) in [5.74, 6) is -0.146. The first-order chi connectivity index (χ1) is 7.70. The van der Waals surface area contributed by atoms with E-state index in [4.69, 9.17) is 11.6 Å². The molecule has 2 N–H and O–H groups in total. The average molecular weight is 235 g/mol. The summed E-state index contributed by atoms with van der Waals surface area (Å²) in [6.45, 7) is 3.99. The Morgan fingerprint density at radius 2 is 2.31 bits per heavy atom. The van der Waals surface area contributed by atoms with E-state index in [1.54, 1.807) is 24.3 Å². The first kappa shape index (κ1) is 10.8. The number of fused-ring (bicyclic) bond motifs is 1. The highest BCUT2D eigenvalue weighted by Gasteiger charge is 2.08. The van der Waals surface area contributed by atoms with Gasteiger partial charge in [0.2, 0.25) is 0 Å². The van der Waals surface area contributed by atoms with E-state index in [-0.39, 0.29) is 5.91 Å². The van der Waals surface area contributed by atoms with Gasteiger partial charge in [0.1, 0.15) is 5.69 Å². The summed E-state index contributed by atoms with van der Waals surface area (Å²) in [6.07, 6.45) is 1.64. The molecule has 4 heteroatoms. The van der Waals surface area contributed by atoms with E-state index >= 15 is 0 Å². The Labute approximate surface area is 98.1 Å². The van der Waals surface area contributed by atoms with E-state index in [1.807, 2.05) is 6.07 Å². The van der Waals surface area contributed by atoms with E-state index in [0.29, 0.717) is 17.3 Å². The maximum absolute atomic E-state index is 11.6. The highest BCUT2D eigenvalue weighted by Crippen LogP contribution is 2.19. The number of carbonyl (C=O) groups excluding carboxylic acids is 1. The molecule has 0 unspecified atom stereocenters. The standard InChI is InChI=1S/C12H11ClN2O/c1-2-5-14-12(16)11-6-8-3-4-9(13)7-10(8)15-11/h2-4,6-7,15H,1,5H2,(H,14,16). The van der Waals surface area contributed by atoms with Crippen molar-refractivity contribution in [2.75, 3.05) is 6.54 Å². The van der Waals surface area contributed by atoms with Crippen molar-refractivity contribution in [2.45, 2.75) is 0 Å². The molecule has 1 amide bonds. The predicted octanol–water partition coefficient (Wildman–Crippen LogP) is 2.74. The monoisotopic (exact) mass is 234 g/mol. The molecule has 0 atom stereocenters. The van der Waals surface area contributed by atoms with Crippen LogP contribution in [0.5, 0.6) is 0 Å². The Morgan fingerprint density at radius 1 is 1.50 bits per heavy atom. The molecule has 0 radical (unpaired) electrons. The van der Waals surface area contributed by atoms with Crippen LogP contribution in [0.4, 0.5) is 0 Å². The van der Waals surface area contributed by atoms with Gasteiger partial charge in [0.15, 0.2) is 0 Å². The number of hydrogen-bond donors (Lipinski definition) is 2. The third-order valence-electron chi connectivity index (χ3n) is 2.24. The van der Waals surface area contributed by atoms with Crippen molar-refractivity contribution >= 4 is 28.4 Å². The minimum Gasteiger partial charge on any atom is -0.350 e. The Morgan fingerprint density at radius 3 is 3.06 bits per heavy atom. The quantitative estimate of drug-likeness (QED) is 0.788. The zero-order valence-corrected chi connectivity index (χ0v) is 9.34. The largest absolute Gasteiger partial charge is 0.350 e. The van der Waals surface area contributed by atoms with E-state index in [0.717, 1.165) is 10.9 Å². The molecule has 0 bridgehead atoms. The molecule has 1 heterocycles. The van der Waals surface area contributed by atoms with Crippen LogP contribution < -0.4 is 5.32 Å². The molecule has 0 aliphatic carbocycles. The first-order valence-corrected chi connectivity index (χ1v) is 5.26. The van der Waals surface area contributed by atoms with Gasteiger partial charge in [-0.3, -0.25) is 4.79 Å². The van der Waals surface area contributed by atoms with Gasteiger partial charge in [-0.05, 0) is 18.2 Å². The van der Waals surface area contributed by atoms with E-state index in [1.165, 1.54) is 0 Å². The number of aromatic nitrogens is 1. The summed E-state index contributed by atoms with van der Waals surface area (Å²) < 4.78 is 0. The molecule has 2 rings (SSSR count). The fraction of sp³-hybridized carbons (Fsp3) is 0.0833. The van der Waals surface area contributed by atoms with Crippen LogP contribution in [0.25, 0.3) is 10.9 Å². The molecular formula is C12H11ClN2O. The smallest absolute Gasteiger partial charge is 0.267 e. The molecule has 2 aromatic rings. The second-order valence-electron chi connectivity index (χ2n) is 3.41. The van der Waals surface area contributed by atoms with Crippen molar-refractivity contribution in [1.29, 1.82) is 0 Å². The lowest BCUT2D eigenvalue weighted by molar-refractivity contribution is 0.0954. The summed E-state index contributed by atoms with van der Waals surface area (Å²) >= 11 is 5.86. The van der Waals surface area contributed by atoms with Crippen LogP contribution >= 0.6 is 11.6 Å². The molecule has 0 aliphatic rings. The molecule has 0 fully saturated rings. The number of carbonyl (C=O) groups is 1. The van der Waals surface area contributed by atoms with Gasteiger partial charge in [0.05, 0.1) is 0 Å². The molecule has 16 heavy (non-hydrogen) atoms. The van der Waals surface area contributed by atoms with Gasteiger partial charge in [0.25, 0.3) is 5.91 Å². The maximum Gasteiger partial charge on any atom is 0.267 e. The predicted molar refractivity (Wildman–Crippen MR) is 65.8 cm³/mol. The van der Waals surface area contributed by atoms with E-state index in [9.17, 15) is 4.79 Å². The lowest BCUT2D eigenvalue weighted by Gasteiger charge is -1.97. The fourth-order valence-electron chi connectivity index (χ4n) is 1.48. The molecule has 1 aromatic heterocycles. The third kappa shape index (κ3) is 2.09. The minimum atomic E-state index is -0.146. The van der Waals surface area contributed by atoms with Crippen LogP contribution in [0.2, 0.25) is 5.02 Å². The summed E-state index contributed by atoms with van der Waals surface area (Å²) in [7, 11) is 0. The van der Waals surface area contributed by atoms with Crippen LogP contribution in [-0.4, -0.2) is 17.4 Å². The molecule has 0 saturated carbocycles. The van der Waals surface area contributed by atoms with Gasteiger partial charge in [-0.25, -0.2) is 0 Å². The molecule has 0 saturated heterocycles. The number of nitrogens with one attached hydrogen (secondary N) is 2. The number of hydrogen-bond acceptors (Lipinski definition) is 1. The molecule has 0 spiro atoms. The zero-order chi connectivity index (χ0) is 11.5. The van der Waals surface area contributed by atoms with Crippen LogP contribution in [0, 0.1) is 0 Å². The topological polar surface area (TPSA) is 44.9 Å². The Balaban J connectivity index is 2.32. The lowest BCUT2D eigenvalue weighted by atomic mass is 10.2. The van der Waals surface area contributed by atoms with Gasteiger partial charge in [-0.2, -0.15) is 0 Å². The Kier molecular flexibility index (Phi) is 2.97. The fourth-order valence-corrected chi connectivity index (χ4v) is 1.65. The number of aromatic amines is 1. The van der Waals surface area contributed by atoms with Gasteiger partial charge < -0.3 is 10.3 Å². The van der Waals surface area contributed by atoms with Crippen LogP contribution in [0.1, 0.15) is 10.5 Å². The van der Waals surface area contributed by atoms with Crippen molar-refractivity contribution in [3.05, 3.63) is 47.6 Å². The first-order valence-electron chi connectivity index (χ1n) is 4.88. The minimum absolute atomic E-state index is 0.146. The zero-order valence-electron chi connectivity index (χ0n) is 8.59. The molecule has 82 valence electrons. The summed E-state index contributed by atoms with van der Waals surface area (Å²) in [6, 6.07) is 7.26. The van der Waals surface area contributed by atoms with Crippen LogP contribution in [0.15, 0.2) is 36.9 Å². The van der Waals surface area contributed by atoms with Crippen LogP contribution in [0.3, 0.4) is 0 Å². The highest BCUT2D eigenvalue weighted by atomic mass is 35.5.